The first-order chi connectivity index (χ1) is 8.85. The number of aryl methyl sites for hydroxylation is 2. The van der Waals surface area contributed by atoms with Crippen molar-refractivity contribution in [2.24, 2.45) is 0 Å². The van der Waals surface area contributed by atoms with Gasteiger partial charge in [0.15, 0.2) is 11.5 Å². The maximum atomic E-state index is 8.75. The molecule has 94 valence electrons. The molecule has 0 amide bonds. The van der Waals surface area contributed by atoms with Crippen molar-refractivity contribution < 1.29 is 20.3 Å². The molecule has 0 bridgehead atoms. The summed E-state index contributed by atoms with van der Waals surface area (Å²) in [4.78, 5) is 8.62. The normalized spacial score (nSPS) is 10.1. The van der Waals surface area contributed by atoms with Crippen molar-refractivity contribution in [2.45, 2.75) is 12.8 Å². The Balaban J connectivity index is 2.11. The van der Waals surface area contributed by atoms with Gasteiger partial charge in [0, 0.05) is 0 Å². The van der Waals surface area contributed by atoms with E-state index in [0.717, 1.165) is 11.1 Å². The van der Waals surface area contributed by atoms with E-state index in [0.29, 0.717) is 24.3 Å². The highest BCUT2D eigenvalue weighted by atomic mass is 17.1. The lowest BCUT2D eigenvalue weighted by Gasteiger charge is -2.08. The van der Waals surface area contributed by atoms with Crippen LogP contribution in [0.5, 0.6) is 11.5 Å². The molecular weight excluding hydrogens is 232 g/mol. The predicted molar refractivity (Wildman–Crippen MR) is 66.8 cm³/mol. The van der Waals surface area contributed by atoms with Gasteiger partial charge >= 0.3 is 0 Å². The molecule has 0 heterocycles. The molecule has 0 radical (unpaired) electrons. The van der Waals surface area contributed by atoms with Crippen LogP contribution >= 0.6 is 0 Å². The Labute approximate surface area is 105 Å². The monoisotopic (exact) mass is 246 g/mol. The molecule has 0 aliphatic rings. The first-order valence-corrected chi connectivity index (χ1v) is 5.64. The Hall–Kier alpha value is -2.04. The fourth-order valence-electron chi connectivity index (χ4n) is 1.87. The number of para-hydroxylation sites is 2. The van der Waals surface area contributed by atoms with Crippen molar-refractivity contribution in [3.8, 4) is 11.5 Å². The van der Waals surface area contributed by atoms with E-state index in [1.54, 1.807) is 24.3 Å². The van der Waals surface area contributed by atoms with Crippen molar-refractivity contribution >= 4 is 0 Å². The summed E-state index contributed by atoms with van der Waals surface area (Å²) >= 11 is 0. The average Bonchev–Trinajstić information content (AvgIpc) is 2.45. The van der Waals surface area contributed by atoms with Crippen LogP contribution in [-0.4, -0.2) is 10.5 Å². The number of benzene rings is 2. The molecule has 4 heteroatoms. The molecule has 0 saturated heterocycles. The minimum Gasteiger partial charge on any atom is -0.340 e. The van der Waals surface area contributed by atoms with Gasteiger partial charge in [0.05, 0.1) is 0 Å². The highest BCUT2D eigenvalue weighted by Crippen LogP contribution is 2.23. The molecule has 2 N–H and O–H groups in total. The van der Waals surface area contributed by atoms with Crippen molar-refractivity contribution in [1.82, 2.24) is 0 Å². The van der Waals surface area contributed by atoms with Crippen LogP contribution in [0.3, 0.4) is 0 Å². The van der Waals surface area contributed by atoms with Gasteiger partial charge in [-0.3, -0.25) is 0 Å². The predicted octanol–water partition coefficient (Wildman–Crippen LogP) is 3.18. The molecule has 0 spiro atoms. The van der Waals surface area contributed by atoms with Crippen LogP contribution in [0.1, 0.15) is 11.1 Å². The Morgan fingerprint density at radius 3 is 1.44 bits per heavy atom. The van der Waals surface area contributed by atoms with Crippen LogP contribution < -0.4 is 9.78 Å². The van der Waals surface area contributed by atoms with Gasteiger partial charge in [-0.15, -0.1) is 0 Å². The third kappa shape index (κ3) is 2.80. The summed E-state index contributed by atoms with van der Waals surface area (Å²) in [5.41, 5.74) is 1.79. The zero-order chi connectivity index (χ0) is 12.8. The number of rotatable bonds is 5. The molecule has 4 nitrogen and oxygen atoms in total. The summed E-state index contributed by atoms with van der Waals surface area (Å²) < 4.78 is 0. The van der Waals surface area contributed by atoms with Crippen LogP contribution in [0.15, 0.2) is 48.5 Å². The molecule has 0 aromatic heterocycles. The molecule has 0 fully saturated rings. The maximum Gasteiger partial charge on any atom is 0.168 e. The molecule has 2 aromatic carbocycles. The Morgan fingerprint density at radius 1 is 0.667 bits per heavy atom. The second-order valence-corrected chi connectivity index (χ2v) is 3.90. The summed E-state index contributed by atoms with van der Waals surface area (Å²) in [7, 11) is 0. The molecule has 2 rings (SSSR count). The van der Waals surface area contributed by atoms with Gasteiger partial charge in [-0.05, 0) is 36.1 Å². The van der Waals surface area contributed by atoms with E-state index in [-0.39, 0.29) is 0 Å². The standard InChI is InChI=1S/C14H14O4/c15-17-13-7-3-1-5-11(13)9-10-12-6-2-4-8-14(12)18-16/h1-8,15-16H,9-10H2. The van der Waals surface area contributed by atoms with Gasteiger partial charge in [0.1, 0.15) is 0 Å². The SMILES string of the molecule is OOc1ccccc1CCc1ccccc1OO. The summed E-state index contributed by atoms with van der Waals surface area (Å²) in [6.07, 6.45) is 1.36. The minimum atomic E-state index is 0.444. The van der Waals surface area contributed by atoms with Gasteiger partial charge in [-0.2, -0.15) is 0 Å². The molecule has 0 unspecified atom stereocenters. The molecule has 0 saturated carbocycles. The van der Waals surface area contributed by atoms with Gasteiger partial charge in [0.2, 0.25) is 0 Å². The highest BCUT2D eigenvalue weighted by molar-refractivity contribution is 5.36. The smallest absolute Gasteiger partial charge is 0.168 e. The summed E-state index contributed by atoms with van der Waals surface area (Å²) in [5, 5.41) is 17.5. The molecule has 2 aromatic rings. The maximum absolute atomic E-state index is 8.75. The highest BCUT2D eigenvalue weighted by Gasteiger charge is 2.06. The van der Waals surface area contributed by atoms with Crippen LogP contribution in [0.2, 0.25) is 0 Å². The molecule has 0 atom stereocenters. The van der Waals surface area contributed by atoms with Crippen LogP contribution in [0, 0.1) is 0 Å². The van der Waals surface area contributed by atoms with Crippen molar-refractivity contribution in [1.29, 1.82) is 0 Å². The molecular formula is C14H14O4. The van der Waals surface area contributed by atoms with E-state index in [1.807, 2.05) is 24.3 Å². The van der Waals surface area contributed by atoms with E-state index in [4.69, 9.17) is 10.5 Å². The van der Waals surface area contributed by atoms with Crippen molar-refractivity contribution in [3.63, 3.8) is 0 Å². The second-order valence-electron chi connectivity index (χ2n) is 3.90. The fraction of sp³-hybridized carbons (Fsp3) is 0.143. The molecule has 0 aliphatic heterocycles. The van der Waals surface area contributed by atoms with Crippen LogP contribution in [0.4, 0.5) is 0 Å². The lowest BCUT2D eigenvalue weighted by molar-refractivity contribution is -0.138. The first kappa shape index (κ1) is 12.4. The Morgan fingerprint density at radius 2 is 1.06 bits per heavy atom. The van der Waals surface area contributed by atoms with Gasteiger partial charge < -0.3 is 9.78 Å². The topological polar surface area (TPSA) is 58.9 Å². The molecule has 0 aliphatic carbocycles. The summed E-state index contributed by atoms with van der Waals surface area (Å²) in [6.45, 7) is 0. The van der Waals surface area contributed by atoms with E-state index in [9.17, 15) is 0 Å². The number of hydrogen-bond acceptors (Lipinski definition) is 4. The Kier molecular flexibility index (Phi) is 4.17. The quantitative estimate of drug-likeness (QED) is 0.628. The Bertz CT molecular complexity index is 463. The van der Waals surface area contributed by atoms with E-state index in [1.165, 1.54) is 0 Å². The third-order valence-corrected chi connectivity index (χ3v) is 2.81. The van der Waals surface area contributed by atoms with E-state index >= 15 is 0 Å². The largest absolute Gasteiger partial charge is 0.340 e. The lowest BCUT2D eigenvalue weighted by Crippen LogP contribution is -1.97. The van der Waals surface area contributed by atoms with E-state index in [2.05, 4.69) is 9.78 Å². The van der Waals surface area contributed by atoms with Gasteiger partial charge in [-0.1, -0.05) is 36.4 Å². The second kappa shape index (κ2) is 6.05. The number of hydrogen-bond donors (Lipinski definition) is 2. The summed E-state index contributed by atoms with van der Waals surface area (Å²) in [5.74, 6) is 0.889. The third-order valence-electron chi connectivity index (χ3n) is 2.81. The average molecular weight is 246 g/mol. The van der Waals surface area contributed by atoms with Crippen LogP contribution in [0.25, 0.3) is 0 Å². The van der Waals surface area contributed by atoms with Crippen molar-refractivity contribution in [3.05, 3.63) is 59.7 Å². The fourth-order valence-corrected chi connectivity index (χ4v) is 1.87. The molecule has 18 heavy (non-hydrogen) atoms. The minimum absolute atomic E-state index is 0.444. The first-order valence-electron chi connectivity index (χ1n) is 5.64. The van der Waals surface area contributed by atoms with Gasteiger partial charge in [0.25, 0.3) is 0 Å². The van der Waals surface area contributed by atoms with E-state index < -0.39 is 0 Å². The van der Waals surface area contributed by atoms with Crippen LogP contribution in [-0.2, 0) is 12.8 Å². The van der Waals surface area contributed by atoms with Gasteiger partial charge in [-0.25, -0.2) is 10.5 Å². The zero-order valence-corrected chi connectivity index (χ0v) is 9.74. The lowest BCUT2D eigenvalue weighted by atomic mass is 10.0. The summed E-state index contributed by atoms with van der Waals surface area (Å²) in [6, 6.07) is 14.5. The zero-order valence-electron chi connectivity index (χ0n) is 9.74. The van der Waals surface area contributed by atoms with Crippen molar-refractivity contribution in [2.75, 3.05) is 0 Å².